The molecule has 8 nitrogen and oxygen atoms in total. The molecule has 0 fully saturated rings. The molecule has 0 rings (SSSR count). The predicted octanol–water partition coefficient (Wildman–Crippen LogP) is -2.75. The van der Waals surface area contributed by atoms with Gasteiger partial charge in [-0.3, -0.25) is 0 Å². The van der Waals surface area contributed by atoms with E-state index in [0.29, 0.717) is 0 Å². The van der Waals surface area contributed by atoms with Crippen LogP contribution in [0.4, 0.5) is 0 Å². The van der Waals surface area contributed by atoms with Gasteiger partial charge in [-0.15, -0.1) is 0 Å². The van der Waals surface area contributed by atoms with Gasteiger partial charge in [0, 0.05) is 7.11 Å². The molecule has 0 aromatic rings. The lowest BCUT2D eigenvalue weighted by atomic mass is 10.0. The number of aliphatic hydroxyl groups is 3. The molecule has 0 saturated carbocycles. The number of ether oxygens (including phenoxy) is 1. The second-order valence-electron chi connectivity index (χ2n) is 2.76. The highest BCUT2D eigenvalue weighted by molar-refractivity contribution is 5.75. The highest BCUT2D eigenvalue weighted by Gasteiger charge is 2.38. The quantitative estimate of drug-likeness (QED) is 0.326. The third-order valence-corrected chi connectivity index (χ3v) is 1.75. The van der Waals surface area contributed by atoms with Gasteiger partial charge in [-0.05, 0) is 0 Å². The first-order valence-electron chi connectivity index (χ1n) is 3.85. The molecule has 0 heterocycles. The summed E-state index contributed by atoms with van der Waals surface area (Å²) in [5.74, 6) is -3.44. The summed E-state index contributed by atoms with van der Waals surface area (Å²) in [6.45, 7) is 0. The van der Waals surface area contributed by atoms with E-state index in [9.17, 15) is 14.7 Å². The van der Waals surface area contributed by atoms with Crippen molar-refractivity contribution in [1.29, 1.82) is 0 Å². The normalized spacial score (nSPS) is 18.9. The number of hydrogen-bond donors (Lipinski definition) is 5. The van der Waals surface area contributed by atoms with Crippen LogP contribution in [0.25, 0.3) is 0 Å². The van der Waals surface area contributed by atoms with E-state index in [1.807, 2.05) is 0 Å². The Bertz CT molecular complexity index is 239. The molecule has 0 aromatic heterocycles. The van der Waals surface area contributed by atoms with E-state index in [1.165, 1.54) is 0 Å². The lowest BCUT2D eigenvalue weighted by Gasteiger charge is -2.25. The highest BCUT2D eigenvalue weighted by Crippen LogP contribution is 2.09. The molecule has 0 amide bonds. The molecule has 0 radical (unpaired) electrons. The molecule has 0 spiro atoms. The second kappa shape index (κ2) is 5.61. The lowest BCUT2D eigenvalue weighted by molar-refractivity contribution is -0.176. The number of methoxy groups -OCH3 is 1. The lowest BCUT2D eigenvalue weighted by Crippen LogP contribution is -2.50. The fourth-order valence-electron chi connectivity index (χ4n) is 0.921. The summed E-state index contributed by atoms with van der Waals surface area (Å²) < 4.78 is 4.40. The highest BCUT2D eigenvalue weighted by atomic mass is 16.5. The van der Waals surface area contributed by atoms with Crippen molar-refractivity contribution in [1.82, 2.24) is 0 Å². The van der Waals surface area contributed by atoms with Crippen molar-refractivity contribution in [2.45, 2.75) is 24.4 Å². The van der Waals surface area contributed by atoms with Gasteiger partial charge in [0.25, 0.3) is 0 Å². The first kappa shape index (κ1) is 13.8. The monoisotopic (exact) mass is 224 g/mol. The van der Waals surface area contributed by atoms with E-state index >= 15 is 0 Å². The van der Waals surface area contributed by atoms with Gasteiger partial charge in [0.05, 0.1) is 0 Å². The largest absolute Gasteiger partial charge is 0.479 e. The number of aliphatic carboxylic acids is 2. The topological polar surface area (TPSA) is 145 Å². The van der Waals surface area contributed by atoms with E-state index in [-0.39, 0.29) is 0 Å². The minimum atomic E-state index is -2.23. The Labute approximate surface area is 84.3 Å². The van der Waals surface area contributed by atoms with E-state index < -0.39 is 36.4 Å². The zero-order chi connectivity index (χ0) is 12.2. The van der Waals surface area contributed by atoms with Crippen LogP contribution in [0.1, 0.15) is 0 Å². The fourth-order valence-corrected chi connectivity index (χ4v) is 0.921. The molecule has 8 heteroatoms. The molecule has 5 N–H and O–H groups in total. The average molecular weight is 224 g/mol. The van der Waals surface area contributed by atoms with Gasteiger partial charge in [-0.1, -0.05) is 0 Å². The zero-order valence-electron chi connectivity index (χ0n) is 7.77. The van der Waals surface area contributed by atoms with Crippen molar-refractivity contribution >= 4 is 11.9 Å². The summed E-state index contributed by atoms with van der Waals surface area (Å²) in [7, 11) is 0.967. The van der Waals surface area contributed by atoms with Gasteiger partial charge in [0.2, 0.25) is 0 Å². The standard InChI is InChI=1S/C7H12O8/c1-15-5(4(10)7(13)14)2(8)3(9)6(11)12/h2-5,8-10H,1H3,(H,11,12)(H,13,14)/t2-,3-,4-,5-/m1/s1. The van der Waals surface area contributed by atoms with Gasteiger partial charge < -0.3 is 30.3 Å². The summed E-state index contributed by atoms with van der Waals surface area (Å²) >= 11 is 0. The Balaban J connectivity index is 4.67. The van der Waals surface area contributed by atoms with E-state index in [0.717, 1.165) is 7.11 Å². The Kier molecular flexibility index (Phi) is 5.15. The predicted molar refractivity (Wildman–Crippen MR) is 44.1 cm³/mol. The Morgan fingerprint density at radius 1 is 1.00 bits per heavy atom. The Morgan fingerprint density at radius 2 is 1.40 bits per heavy atom. The minimum absolute atomic E-state index is 0.967. The summed E-state index contributed by atoms with van der Waals surface area (Å²) in [4.78, 5) is 20.6. The van der Waals surface area contributed by atoms with Crippen LogP contribution in [0.2, 0.25) is 0 Å². The minimum Gasteiger partial charge on any atom is -0.479 e. The third kappa shape index (κ3) is 3.44. The van der Waals surface area contributed by atoms with E-state index in [2.05, 4.69) is 4.74 Å². The Morgan fingerprint density at radius 3 is 1.67 bits per heavy atom. The maximum Gasteiger partial charge on any atom is 0.335 e. The van der Waals surface area contributed by atoms with Crippen molar-refractivity contribution in [2.75, 3.05) is 7.11 Å². The molecule has 0 aromatic carbocycles. The maximum absolute atomic E-state index is 10.3. The Hall–Kier alpha value is -1.22. The van der Waals surface area contributed by atoms with Gasteiger partial charge in [-0.25, -0.2) is 9.59 Å². The number of rotatable bonds is 6. The van der Waals surface area contributed by atoms with Gasteiger partial charge in [-0.2, -0.15) is 0 Å². The first-order valence-corrected chi connectivity index (χ1v) is 3.85. The number of carboxylic acid groups (broad SMARTS) is 2. The van der Waals surface area contributed by atoms with Crippen LogP contribution in [0.15, 0.2) is 0 Å². The fraction of sp³-hybridized carbons (Fsp3) is 0.714. The van der Waals surface area contributed by atoms with Crippen LogP contribution in [-0.4, -0.2) is 69.0 Å². The van der Waals surface area contributed by atoms with Crippen LogP contribution in [-0.2, 0) is 14.3 Å². The van der Waals surface area contributed by atoms with Crippen molar-refractivity contribution < 1.29 is 39.9 Å². The number of hydrogen-bond acceptors (Lipinski definition) is 6. The van der Waals surface area contributed by atoms with Crippen molar-refractivity contribution in [2.24, 2.45) is 0 Å². The summed E-state index contributed by atoms with van der Waals surface area (Å²) in [5.41, 5.74) is 0. The number of carboxylic acids is 2. The summed E-state index contributed by atoms with van der Waals surface area (Å²) in [6, 6.07) is 0. The second-order valence-corrected chi connectivity index (χ2v) is 2.76. The molecule has 0 unspecified atom stereocenters. The molecule has 4 atom stereocenters. The third-order valence-electron chi connectivity index (χ3n) is 1.75. The van der Waals surface area contributed by atoms with Crippen LogP contribution >= 0.6 is 0 Å². The van der Waals surface area contributed by atoms with Crippen LogP contribution in [0, 0.1) is 0 Å². The molecule has 0 aliphatic rings. The van der Waals surface area contributed by atoms with Crippen molar-refractivity contribution in [3.63, 3.8) is 0 Å². The SMILES string of the molecule is CO[C@H]([C@H](O)[C@@H](O)C(=O)O)[C@@H](O)C(=O)O. The molecule has 0 bridgehead atoms. The average Bonchev–Trinajstić information content (AvgIpc) is 2.16. The first-order chi connectivity index (χ1) is 6.82. The van der Waals surface area contributed by atoms with Crippen molar-refractivity contribution in [3.05, 3.63) is 0 Å². The van der Waals surface area contributed by atoms with Crippen LogP contribution in [0.3, 0.4) is 0 Å². The maximum atomic E-state index is 10.3. The number of aliphatic hydroxyl groups excluding tert-OH is 3. The molecule has 0 aliphatic carbocycles. The molecular weight excluding hydrogens is 212 g/mol. The smallest absolute Gasteiger partial charge is 0.335 e. The van der Waals surface area contributed by atoms with Gasteiger partial charge in [0.15, 0.2) is 12.2 Å². The van der Waals surface area contributed by atoms with Crippen LogP contribution < -0.4 is 0 Å². The summed E-state index contributed by atoms with van der Waals surface area (Å²) in [6.07, 6.45) is -8.13. The molecule has 88 valence electrons. The van der Waals surface area contributed by atoms with Gasteiger partial charge in [0.1, 0.15) is 12.2 Å². The van der Waals surface area contributed by atoms with Crippen LogP contribution in [0.5, 0.6) is 0 Å². The molecule has 0 aliphatic heterocycles. The van der Waals surface area contributed by atoms with Crippen molar-refractivity contribution in [3.8, 4) is 0 Å². The van der Waals surface area contributed by atoms with E-state index in [4.69, 9.17) is 20.4 Å². The van der Waals surface area contributed by atoms with E-state index in [1.54, 1.807) is 0 Å². The molecule has 15 heavy (non-hydrogen) atoms. The molecular formula is C7H12O8. The molecule has 0 saturated heterocycles. The number of carbonyl (C=O) groups is 2. The zero-order valence-corrected chi connectivity index (χ0v) is 7.77. The summed E-state index contributed by atoms with van der Waals surface area (Å²) in [5, 5.41) is 43.8. The van der Waals surface area contributed by atoms with Gasteiger partial charge >= 0.3 is 11.9 Å².